The molecule has 3 rings (SSSR count). The number of ether oxygens (including phenoxy) is 1. The van der Waals surface area contributed by atoms with Crippen molar-refractivity contribution in [2.75, 3.05) is 31.2 Å². The summed E-state index contributed by atoms with van der Waals surface area (Å²) < 4.78 is 19.6. The highest BCUT2D eigenvalue weighted by atomic mass is 35.5. The molecule has 0 amide bonds. The molecule has 1 saturated heterocycles. The van der Waals surface area contributed by atoms with E-state index in [2.05, 4.69) is 4.99 Å². The van der Waals surface area contributed by atoms with Crippen molar-refractivity contribution >= 4 is 29.2 Å². The number of hydrogen-bond donors (Lipinski definition) is 0. The largest absolute Gasteiger partial charge is 0.378 e. The van der Waals surface area contributed by atoms with Gasteiger partial charge < -0.3 is 9.64 Å². The van der Waals surface area contributed by atoms with Crippen LogP contribution in [0.1, 0.15) is 11.1 Å². The third-order valence-corrected chi connectivity index (χ3v) is 4.08. The Morgan fingerprint density at radius 3 is 2.70 bits per heavy atom. The van der Waals surface area contributed by atoms with E-state index in [9.17, 15) is 4.39 Å². The quantitative estimate of drug-likeness (QED) is 0.779. The number of hydrogen-bond acceptors (Lipinski definition) is 3. The van der Waals surface area contributed by atoms with E-state index in [-0.39, 0.29) is 5.82 Å². The number of aliphatic imine (C=N–C) groups is 1. The highest BCUT2D eigenvalue weighted by molar-refractivity contribution is 6.30. The molecule has 1 aliphatic heterocycles. The van der Waals surface area contributed by atoms with Gasteiger partial charge in [0.15, 0.2) is 0 Å². The van der Waals surface area contributed by atoms with Crippen molar-refractivity contribution < 1.29 is 9.13 Å². The molecule has 0 unspecified atom stereocenters. The molecular formula is C18H18ClFN2O. The van der Waals surface area contributed by atoms with Crippen molar-refractivity contribution in [1.82, 2.24) is 0 Å². The lowest BCUT2D eigenvalue weighted by Gasteiger charge is -2.29. The Hall–Kier alpha value is -1.91. The highest BCUT2D eigenvalue weighted by Crippen LogP contribution is 2.24. The summed E-state index contributed by atoms with van der Waals surface area (Å²) in [5.41, 5.74) is 3.15. The number of halogens is 2. The molecular weight excluding hydrogens is 315 g/mol. The molecule has 0 saturated carbocycles. The maximum Gasteiger partial charge on any atom is 0.147 e. The summed E-state index contributed by atoms with van der Waals surface area (Å²) in [5, 5.41) is 0.636. The van der Waals surface area contributed by atoms with Gasteiger partial charge in [0, 0.05) is 24.3 Å². The molecule has 0 aromatic heterocycles. The standard InChI is InChI=1S/C18H18ClFN2O/c1-13-2-4-15(19)11-17(13)21-12-14-3-5-18(16(20)10-14)22-6-8-23-9-7-22/h2-5,10-12H,6-9H2,1H3. The number of benzene rings is 2. The van der Waals surface area contributed by atoms with Crippen LogP contribution in [0, 0.1) is 12.7 Å². The number of aryl methyl sites for hydroxylation is 1. The van der Waals surface area contributed by atoms with Crippen LogP contribution in [-0.2, 0) is 4.74 Å². The van der Waals surface area contributed by atoms with Crippen LogP contribution in [0.4, 0.5) is 15.8 Å². The Balaban J connectivity index is 1.80. The molecule has 0 atom stereocenters. The molecule has 1 fully saturated rings. The third kappa shape index (κ3) is 3.89. The van der Waals surface area contributed by atoms with Crippen molar-refractivity contribution in [2.24, 2.45) is 4.99 Å². The summed E-state index contributed by atoms with van der Waals surface area (Å²) in [5.74, 6) is -0.237. The van der Waals surface area contributed by atoms with Gasteiger partial charge in [-0.1, -0.05) is 23.7 Å². The molecule has 2 aromatic rings. The van der Waals surface area contributed by atoms with Gasteiger partial charge in [-0.05, 0) is 42.3 Å². The van der Waals surface area contributed by atoms with Crippen LogP contribution < -0.4 is 4.90 Å². The van der Waals surface area contributed by atoms with Crippen LogP contribution in [0.25, 0.3) is 0 Å². The summed E-state index contributed by atoms with van der Waals surface area (Å²) in [6.45, 7) is 4.66. The van der Waals surface area contributed by atoms with Gasteiger partial charge in [-0.3, -0.25) is 4.99 Å². The Labute approximate surface area is 140 Å². The molecule has 0 radical (unpaired) electrons. The lowest BCUT2D eigenvalue weighted by atomic mass is 10.1. The van der Waals surface area contributed by atoms with Gasteiger partial charge in [-0.15, -0.1) is 0 Å². The molecule has 0 aliphatic carbocycles. The van der Waals surface area contributed by atoms with Gasteiger partial charge in [-0.25, -0.2) is 4.39 Å². The molecule has 1 aliphatic rings. The molecule has 0 bridgehead atoms. The number of nitrogens with zero attached hydrogens (tertiary/aromatic N) is 2. The third-order valence-electron chi connectivity index (χ3n) is 3.85. The zero-order chi connectivity index (χ0) is 16.2. The predicted octanol–water partition coefficient (Wildman–Crippen LogP) is 4.37. The first-order valence-electron chi connectivity index (χ1n) is 7.56. The fourth-order valence-corrected chi connectivity index (χ4v) is 2.70. The first-order valence-corrected chi connectivity index (χ1v) is 7.94. The normalized spacial score (nSPS) is 15.3. The van der Waals surface area contributed by atoms with Crippen molar-refractivity contribution in [3.05, 3.63) is 58.4 Å². The average molecular weight is 333 g/mol. The first kappa shape index (κ1) is 16.0. The molecule has 5 heteroatoms. The lowest BCUT2D eigenvalue weighted by Crippen LogP contribution is -2.36. The van der Waals surface area contributed by atoms with Gasteiger partial charge in [0.1, 0.15) is 5.82 Å². The summed E-state index contributed by atoms with van der Waals surface area (Å²) >= 11 is 5.98. The van der Waals surface area contributed by atoms with E-state index >= 15 is 0 Å². The Morgan fingerprint density at radius 1 is 1.17 bits per heavy atom. The minimum Gasteiger partial charge on any atom is -0.378 e. The molecule has 23 heavy (non-hydrogen) atoms. The Bertz CT molecular complexity index is 727. The number of morpholine rings is 1. The second-order valence-corrected chi connectivity index (χ2v) is 5.94. The van der Waals surface area contributed by atoms with E-state index in [0.29, 0.717) is 37.0 Å². The highest BCUT2D eigenvalue weighted by Gasteiger charge is 2.14. The monoisotopic (exact) mass is 332 g/mol. The van der Waals surface area contributed by atoms with Crippen LogP contribution in [0.3, 0.4) is 0 Å². The zero-order valence-corrected chi connectivity index (χ0v) is 13.7. The molecule has 120 valence electrons. The molecule has 2 aromatic carbocycles. The summed E-state index contributed by atoms with van der Waals surface area (Å²) in [4.78, 5) is 6.41. The smallest absolute Gasteiger partial charge is 0.147 e. The van der Waals surface area contributed by atoms with Gasteiger partial charge in [0.05, 0.1) is 24.6 Å². The van der Waals surface area contributed by atoms with Crippen molar-refractivity contribution in [3.63, 3.8) is 0 Å². The molecule has 0 N–H and O–H groups in total. The fraction of sp³-hybridized carbons (Fsp3) is 0.278. The first-order chi connectivity index (χ1) is 11.1. The van der Waals surface area contributed by atoms with E-state index in [1.54, 1.807) is 18.3 Å². The predicted molar refractivity (Wildman–Crippen MR) is 92.9 cm³/mol. The van der Waals surface area contributed by atoms with Crippen molar-refractivity contribution in [3.8, 4) is 0 Å². The van der Waals surface area contributed by atoms with E-state index < -0.39 is 0 Å². The molecule has 0 spiro atoms. The van der Waals surface area contributed by atoms with Gasteiger partial charge in [-0.2, -0.15) is 0 Å². The lowest BCUT2D eigenvalue weighted by molar-refractivity contribution is 0.122. The second kappa shape index (κ2) is 7.11. The summed E-state index contributed by atoms with van der Waals surface area (Å²) in [6.07, 6.45) is 1.66. The molecule has 3 nitrogen and oxygen atoms in total. The Morgan fingerprint density at radius 2 is 1.96 bits per heavy atom. The van der Waals surface area contributed by atoms with E-state index in [4.69, 9.17) is 16.3 Å². The van der Waals surface area contributed by atoms with E-state index in [1.165, 1.54) is 6.07 Å². The summed E-state index contributed by atoms with van der Waals surface area (Å²) in [6, 6.07) is 10.7. The van der Waals surface area contributed by atoms with Crippen LogP contribution in [0.15, 0.2) is 41.4 Å². The minimum absolute atomic E-state index is 0.237. The average Bonchev–Trinajstić information content (AvgIpc) is 2.56. The van der Waals surface area contributed by atoms with Crippen molar-refractivity contribution in [2.45, 2.75) is 6.92 Å². The van der Waals surface area contributed by atoms with Crippen LogP contribution >= 0.6 is 11.6 Å². The summed E-state index contributed by atoms with van der Waals surface area (Å²) in [7, 11) is 0. The Kier molecular flexibility index (Phi) is 4.94. The fourth-order valence-electron chi connectivity index (χ4n) is 2.53. The maximum atomic E-state index is 14.3. The van der Waals surface area contributed by atoms with Gasteiger partial charge >= 0.3 is 0 Å². The van der Waals surface area contributed by atoms with Crippen LogP contribution in [-0.4, -0.2) is 32.5 Å². The maximum absolute atomic E-state index is 14.3. The SMILES string of the molecule is Cc1ccc(Cl)cc1N=Cc1ccc(N2CCOCC2)c(F)c1. The van der Waals surface area contributed by atoms with Gasteiger partial charge in [0.2, 0.25) is 0 Å². The second-order valence-electron chi connectivity index (χ2n) is 5.50. The van der Waals surface area contributed by atoms with Crippen LogP contribution in [0.5, 0.6) is 0 Å². The van der Waals surface area contributed by atoms with Crippen molar-refractivity contribution in [1.29, 1.82) is 0 Å². The van der Waals surface area contributed by atoms with Crippen LogP contribution in [0.2, 0.25) is 5.02 Å². The van der Waals surface area contributed by atoms with E-state index in [0.717, 1.165) is 16.8 Å². The minimum atomic E-state index is -0.237. The number of anilines is 1. The number of rotatable bonds is 3. The topological polar surface area (TPSA) is 24.8 Å². The zero-order valence-electron chi connectivity index (χ0n) is 12.9. The van der Waals surface area contributed by atoms with Gasteiger partial charge in [0.25, 0.3) is 0 Å². The molecule has 1 heterocycles. The van der Waals surface area contributed by atoms with E-state index in [1.807, 2.05) is 30.0 Å².